The zero-order valence-corrected chi connectivity index (χ0v) is 9.53. The molecule has 1 aromatic rings. The maximum atomic E-state index is 11.8. The zero-order chi connectivity index (χ0) is 11.5. The SMILES string of the molecule is CCn1ncnc1CC(=O)C(C)(N)CC. The molecule has 0 aliphatic rings. The maximum absolute atomic E-state index is 11.8. The lowest BCUT2D eigenvalue weighted by molar-refractivity contribution is -0.123. The number of aryl methyl sites for hydroxylation is 1. The van der Waals surface area contributed by atoms with E-state index in [1.54, 1.807) is 11.6 Å². The van der Waals surface area contributed by atoms with Crippen LogP contribution >= 0.6 is 0 Å². The van der Waals surface area contributed by atoms with E-state index < -0.39 is 5.54 Å². The number of carbonyl (C=O) groups excluding carboxylic acids is 1. The molecule has 1 unspecified atom stereocenters. The monoisotopic (exact) mass is 210 g/mol. The van der Waals surface area contributed by atoms with Gasteiger partial charge in [-0.2, -0.15) is 5.10 Å². The molecule has 0 spiro atoms. The summed E-state index contributed by atoms with van der Waals surface area (Å²) in [5.74, 6) is 0.695. The fourth-order valence-electron chi connectivity index (χ4n) is 1.23. The van der Waals surface area contributed by atoms with Crippen molar-refractivity contribution in [2.45, 2.75) is 45.7 Å². The Kier molecular flexibility index (Phi) is 3.57. The Morgan fingerprint density at radius 2 is 2.27 bits per heavy atom. The number of ketones is 1. The Morgan fingerprint density at radius 1 is 1.60 bits per heavy atom. The highest BCUT2D eigenvalue weighted by Crippen LogP contribution is 2.09. The largest absolute Gasteiger partial charge is 0.319 e. The van der Waals surface area contributed by atoms with Crippen LogP contribution in [0.4, 0.5) is 0 Å². The molecule has 0 aliphatic heterocycles. The molecule has 0 aliphatic carbocycles. The molecule has 0 bridgehead atoms. The van der Waals surface area contributed by atoms with Gasteiger partial charge < -0.3 is 5.73 Å². The zero-order valence-electron chi connectivity index (χ0n) is 9.53. The van der Waals surface area contributed by atoms with Gasteiger partial charge in [0.15, 0.2) is 5.78 Å². The van der Waals surface area contributed by atoms with Gasteiger partial charge in [-0.25, -0.2) is 9.67 Å². The van der Waals surface area contributed by atoms with Crippen LogP contribution in [0.15, 0.2) is 6.33 Å². The molecule has 0 saturated heterocycles. The van der Waals surface area contributed by atoms with Crippen LogP contribution in [0, 0.1) is 0 Å². The number of carbonyl (C=O) groups is 1. The number of hydrogen-bond acceptors (Lipinski definition) is 4. The second-order valence-corrected chi connectivity index (χ2v) is 3.86. The average molecular weight is 210 g/mol. The number of rotatable bonds is 5. The van der Waals surface area contributed by atoms with Crippen LogP contribution in [0.2, 0.25) is 0 Å². The molecule has 0 radical (unpaired) electrons. The summed E-state index contributed by atoms with van der Waals surface area (Å²) in [7, 11) is 0. The normalized spacial score (nSPS) is 14.9. The first kappa shape index (κ1) is 11.8. The minimum Gasteiger partial charge on any atom is -0.319 e. The van der Waals surface area contributed by atoms with Crippen LogP contribution < -0.4 is 5.73 Å². The summed E-state index contributed by atoms with van der Waals surface area (Å²) >= 11 is 0. The summed E-state index contributed by atoms with van der Waals surface area (Å²) in [4.78, 5) is 15.9. The van der Waals surface area contributed by atoms with Gasteiger partial charge in [0, 0.05) is 6.54 Å². The molecule has 1 heterocycles. The van der Waals surface area contributed by atoms with E-state index in [0.717, 1.165) is 6.54 Å². The van der Waals surface area contributed by atoms with E-state index in [4.69, 9.17) is 5.73 Å². The molecule has 0 aromatic carbocycles. The molecule has 0 saturated carbocycles. The molecule has 2 N–H and O–H groups in total. The highest BCUT2D eigenvalue weighted by molar-refractivity contribution is 5.88. The molecular formula is C10H18N4O. The van der Waals surface area contributed by atoms with Gasteiger partial charge in [-0.05, 0) is 20.3 Å². The fourth-order valence-corrected chi connectivity index (χ4v) is 1.23. The first-order chi connectivity index (χ1) is 7.01. The van der Waals surface area contributed by atoms with Crippen LogP contribution in [0.25, 0.3) is 0 Å². The lowest BCUT2D eigenvalue weighted by Crippen LogP contribution is -2.45. The van der Waals surface area contributed by atoms with Gasteiger partial charge in [-0.3, -0.25) is 4.79 Å². The lowest BCUT2D eigenvalue weighted by Gasteiger charge is -2.20. The quantitative estimate of drug-likeness (QED) is 0.769. The first-order valence-corrected chi connectivity index (χ1v) is 5.20. The van der Waals surface area contributed by atoms with Gasteiger partial charge in [0.2, 0.25) is 0 Å². The predicted octanol–water partition coefficient (Wildman–Crippen LogP) is 0.537. The Labute approximate surface area is 89.7 Å². The van der Waals surface area contributed by atoms with E-state index in [-0.39, 0.29) is 12.2 Å². The van der Waals surface area contributed by atoms with Crippen molar-refractivity contribution in [1.29, 1.82) is 0 Å². The van der Waals surface area contributed by atoms with E-state index in [9.17, 15) is 4.79 Å². The Balaban J connectivity index is 2.74. The summed E-state index contributed by atoms with van der Waals surface area (Å²) in [5.41, 5.74) is 5.10. The van der Waals surface area contributed by atoms with Crippen molar-refractivity contribution in [2.24, 2.45) is 5.73 Å². The Bertz CT molecular complexity index is 343. The van der Waals surface area contributed by atoms with Crippen molar-refractivity contribution in [3.05, 3.63) is 12.2 Å². The van der Waals surface area contributed by atoms with Gasteiger partial charge in [-0.15, -0.1) is 0 Å². The second-order valence-electron chi connectivity index (χ2n) is 3.86. The summed E-state index contributed by atoms with van der Waals surface area (Å²) < 4.78 is 1.71. The molecule has 84 valence electrons. The molecule has 5 nitrogen and oxygen atoms in total. The Hall–Kier alpha value is -1.23. The summed E-state index contributed by atoms with van der Waals surface area (Å²) in [6, 6.07) is 0. The Morgan fingerprint density at radius 3 is 2.80 bits per heavy atom. The molecule has 15 heavy (non-hydrogen) atoms. The van der Waals surface area contributed by atoms with Crippen molar-refractivity contribution in [2.75, 3.05) is 0 Å². The smallest absolute Gasteiger partial charge is 0.159 e. The van der Waals surface area contributed by atoms with Crippen molar-refractivity contribution in [3.8, 4) is 0 Å². The highest BCUT2D eigenvalue weighted by atomic mass is 16.1. The van der Waals surface area contributed by atoms with E-state index in [1.165, 1.54) is 6.33 Å². The lowest BCUT2D eigenvalue weighted by atomic mass is 9.92. The van der Waals surface area contributed by atoms with Gasteiger partial charge in [0.1, 0.15) is 12.2 Å². The maximum Gasteiger partial charge on any atom is 0.159 e. The summed E-state index contributed by atoms with van der Waals surface area (Å²) in [6.07, 6.45) is 2.35. The van der Waals surface area contributed by atoms with Crippen LogP contribution in [0.3, 0.4) is 0 Å². The average Bonchev–Trinajstić information content (AvgIpc) is 2.65. The molecular weight excluding hydrogens is 192 g/mol. The van der Waals surface area contributed by atoms with E-state index >= 15 is 0 Å². The topological polar surface area (TPSA) is 73.8 Å². The van der Waals surface area contributed by atoms with Crippen LogP contribution in [0.5, 0.6) is 0 Å². The van der Waals surface area contributed by atoms with Gasteiger partial charge in [-0.1, -0.05) is 6.92 Å². The molecule has 0 fully saturated rings. The third kappa shape index (κ3) is 2.62. The number of hydrogen-bond donors (Lipinski definition) is 1. The van der Waals surface area contributed by atoms with E-state index in [2.05, 4.69) is 10.1 Å². The fraction of sp³-hybridized carbons (Fsp3) is 0.700. The van der Waals surface area contributed by atoms with Crippen molar-refractivity contribution < 1.29 is 4.79 Å². The minimum atomic E-state index is -0.759. The molecule has 1 rings (SSSR count). The minimum absolute atomic E-state index is 0.00713. The van der Waals surface area contributed by atoms with Gasteiger partial charge in [0.05, 0.1) is 12.0 Å². The van der Waals surface area contributed by atoms with Gasteiger partial charge >= 0.3 is 0 Å². The standard InChI is InChI=1S/C10H18N4O/c1-4-10(3,11)8(15)6-9-12-7-13-14(9)5-2/h7H,4-6,11H2,1-3H3. The summed E-state index contributed by atoms with van der Waals surface area (Å²) in [6.45, 7) is 6.34. The van der Waals surface area contributed by atoms with E-state index in [0.29, 0.717) is 12.2 Å². The second kappa shape index (κ2) is 4.53. The highest BCUT2D eigenvalue weighted by Gasteiger charge is 2.26. The molecule has 0 amide bonds. The van der Waals surface area contributed by atoms with Crippen molar-refractivity contribution in [1.82, 2.24) is 14.8 Å². The number of nitrogens with two attached hydrogens (primary N) is 1. The van der Waals surface area contributed by atoms with Crippen LogP contribution in [-0.4, -0.2) is 26.1 Å². The predicted molar refractivity (Wildman–Crippen MR) is 57.3 cm³/mol. The molecule has 1 atom stereocenters. The van der Waals surface area contributed by atoms with E-state index in [1.807, 2.05) is 13.8 Å². The molecule has 1 aromatic heterocycles. The van der Waals surface area contributed by atoms with Crippen molar-refractivity contribution >= 4 is 5.78 Å². The number of aromatic nitrogens is 3. The van der Waals surface area contributed by atoms with Crippen LogP contribution in [0.1, 0.15) is 33.0 Å². The van der Waals surface area contributed by atoms with Crippen LogP contribution in [-0.2, 0) is 17.8 Å². The van der Waals surface area contributed by atoms with Crippen molar-refractivity contribution in [3.63, 3.8) is 0 Å². The third-order valence-corrected chi connectivity index (χ3v) is 2.69. The molecule has 5 heteroatoms. The van der Waals surface area contributed by atoms with Gasteiger partial charge in [0.25, 0.3) is 0 Å². The third-order valence-electron chi connectivity index (χ3n) is 2.69. The number of Topliss-reactive ketones (excluding diaryl/α,β-unsaturated/α-hetero) is 1. The summed E-state index contributed by atoms with van der Waals surface area (Å²) in [5, 5.41) is 4.01. The number of nitrogens with zero attached hydrogens (tertiary/aromatic N) is 3. The first-order valence-electron chi connectivity index (χ1n) is 5.20.